The lowest BCUT2D eigenvalue weighted by Crippen LogP contribution is -2.30. The number of rotatable bonds is 8. The second kappa shape index (κ2) is 10.5. The minimum Gasteiger partial charge on any atom is -0.496 e. The van der Waals surface area contributed by atoms with E-state index in [0.717, 1.165) is 10.5 Å². The highest BCUT2D eigenvalue weighted by Gasteiger charge is 2.36. The Morgan fingerprint density at radius 1 is 0.972 bits per heavy atom. The van der Waals surface area contributed by atoms with Crippen LogP contribution in [0.25, 0.3) is 0 Å². The van der Waals surface area contributed by atoms with Crippen LogP contribution in [0, 0.1) is 5.82 Å². The lowest BCUT2D eigenvalue weighted by Gasteiger charge is -2.14. The monoisotopic (exact) mass is 509 g/mol. The van der Waals surface area contributed by atoms with Gasteiger partial charge in [0, 0.05) is 16.3 Å². The van der Waals surface area contributed by atoms with E-state index in [9.17, 15) is 27.8 Å². The van der Waals surface area contributed by atoms with Crippen LogP contribution in [0.4, 0.5) is 9.18 Å². The summed E-state index contributed by atoms with van der Waals surface area (Å²) in [6, 6.07) is 16.0. The fourth-order valence-corrected chi connectivity index (χ4v) is 4.53. The fraction of sp³-hybridized carbons (Fsp3) is 0.120. The van der Waals surface area contributed by atoms with Crippen molar-refractivity contribution in [2.24, 2.45) is 0 Å². The van der Waals surface area contributed by atoms with Gasteiger partial charge in [0.1, 0.15) is 11.6 Å². The molecule has 0 spiro atoms. The van der Waals surface area contributed by atoms with Crippen molar-refractivity contribution in [1.82, 2.24) is 15.5 Å². The number of halogens is 1. The Morgan fingerprint density at radius 3 is 2.17 bits per heavy atom. The lowest BCUT2D eigenvalue weighted by atomic mass is 10.1. The van der Waals surface area contributed by atoms with Crippen molar-refractivity contribution in [3.05, 3.63) is 89.2 Å². The molecule has 1 unspecified atom stereocenters. The summed E-state index contributed by atoms with van der Waals surface area (Å²) >= 11 is 0. The Morgan fingerprint density at radius 2 is 1.58 bits per heavy atom. The van der Waals surface area contributed by atoms with Gasteiger partial charge in [-0.05, 0) is 59.7 Å². The third kappa shape index (κ3) is 5.31. The van der Waals surface area contributed by atoms with Crippen LogP contribution in [-0.4, -0.2) is 40.0 Å². The SMILES string of the molecule is COc1ccc(CN2C(=O)NC(=O)C2=O)cc1C(=O)NCc1ccc(S(=O)c2ccc(F)cc2)cc1. The van der Waals surface area contributed by atoms with E-state index in [1.165, 1.54) is 43.5 Å². The zero-order chi connectivity index (χ0) is 25.8. The summed E-state index contributed by atoms with van der Waals surface area (Å²) in [6.45, 7) is -0.0233. The number of hydrogen-bond acceptors (Lipinski definition) is 6. The summed E-state index contributed by atoms with van der Waals surface area (Å²) in [4.78, 5) is 49.6. The van der Waals surface area contributed by atoms with Gasteiger partial charge >= 0.3 is 17.8 Å². The van der Waals surface area contributed by atoms with Crippen molar-refractivity contribution >= 4 is 34.6 Å². The molecule has 0 aliphatic carbocycles. The molecule has 1 atom stereocenters. The smallest absolute Gasteiger partial charge is 0.331 e. The molecule has 9 nitrogen and oxygen atoms in total. The number of nitrogens with zero attached hydrogens (tertiary/aromatic N) is 1. The molecule has 4 rings (SSSR count). The molecular weight excluding hydrogens is 489 g/mol. The van der Waals surface area contributed by atoms with Gasteiger partial charge in [-0.15, -0.1) is 0 Å². The lowest BCUT2D eigenvalue weighted by molar-refractivity contribution is -0.140. The molecule has 1 saturated heterocycles. The first kappa shape index (κ1) is 24.7. The highest BCUT2D eigenvalue weighted by Crippen LogP contribution is 2.22. The van der Waals surface area contributed by atoms with E-state index in [2.05, 4.69) is 5.32 Å². The summed E-state index contributed by atoms with van der Waals surface area (Å²) in [5.74, 6) is -2.55. The number of amides is 5. The summed E-state index contributed by atoms with van der Waals surface area (Å²) in [5, 5.41) is 4.69. The van der Waals surface area contributed by atoms with Crippen molar-refractivity contribution in [1.29, 1.82) is 0 Å². The van der Waals surface area contributed by atoms with Crippen LogP contribution in [0.15, 0.2) is 76.5 Å². The Kier molecular flexibility index (Phi) is 7.20. The fourth-order valence-electron chi connectivity index (χ4n) is 3.49. The molecular formula is C25H20FN3O6S. The predicted molar refractivity (Wildman–Crippen MR) is 126 cm³/mol. The maximum absolute atomic E-state index is 13.1. The maximum atomic E-state index is 13.1. The van der Waals surface area contributed by atoms with Crippen molar-refractivity contribution < 1.29 is 32.5 Å². The van der Waals surface area contributed by atoms with E-state index in [-0.39, 0.29) is 24.4 Å². The third-order valence-electron chi connectivity index (χ3n) is 5.37. The molecule has 0 saturated carbocycles. The Balaban J connectivity index is 1.43. The molecule has 0 radical (unpaired) electrons. The van der Waals surface area contributed by atoms with E-state index in [0.29, 0.717) is 15.4 Å². The number of methoxy groups -OCH3 is 1. The highest BCUT2D eigenvalue weighted by molar-refractivity contribution is 7.85. The van der Waals surface area contributed by atoms with Gasteiger partial charge in [0.2, 0.25) is 0 Å². The van der Waals surface area contributed by atoms with Crippen molar-refractivity contribution in [2.75, 3.05) is 7.11 Å². The van der Waals surface area contributed by atoms with Crippen LogP contribution in [0.1, 0.15) is 21.5 Å². The summed E-state index contributed by atoms with van der Waals surface area (Å²) in [5.41, 5.74) is 1.38. The van der Waals surface area contributed by atoms with Gasteiger partial charge in [0.15, 0.2) is 0 Å². The number of benzene rings is 3. The van der Waals surface area contributed by atoms with Crippen molar-refractivity contribution in [2.45, 2.75) is 22.9 Å². The first-order valence-corrected chi connectivity index (χ1v) is 11.8. The number of carbonyl (C=O) groups is 4. The topological polar surface area (TPSA) is 122 Å². The average Bonchev–Trinajstić information content (AvgIpc) is 3.13. The van der Waals surface area contributed by atoms with E-state index >= 15 is 0 Å². The summed E-state index contributed by atoms with van der Waals surface area (Å²) < 4.78 is 31.0. The van der Waals surface area contributed by atoms with Crippen LogP contribution < -0.4 is 15.4 Å². The zero-order valence-corrected chi connectivity index (χ0v) is 19.8. The van der Waals surface area contributed by atoms with Crippen LogP contribution in [0.5, 0.6) is 5.75 Å². The number of urea groups is 1. The van der Waals surface area contributed by atoms with Crippen LogP contribution in [0.2, 0.25) is 0 Å². The first-order valence-electron chi connectivity index (χ1n) is 10.6. The number of nitrogens with one attached hydrogen (secondary N) is 2. The molecule has 1 fully saturated rings. The van der Waals surface area contributed by atoms with Gasteiger partial charge in [-0.1, -0.05) is 18.2 Å². The summed E-state index contributed by atoms with van der Waals surface area (Å²) in [7, 11) is -0.0659. The average molecular weight is 510 g/mol. The molecule has 184 valence electrons. The second-order valence-corrected chi connectivity index (χ2v) is 9.21. The van der Waals surface area contributed by atoms with E-state index in [1.54, 1.807) is 30.3 Å². The molecule has 5 amide bonds. The van der Waals surface area contributed by atoms with E-state index in [1.807, 2.05) is 5.32 Å². The van der Waals surface area contributed by atoms with E-state index < -0.39 is 40.4 Å². The van der Waals surface area contributed by atoms with Crippen molar-refractivity contribution in [3.63, 3.8) is 0 Å². The molecule has 1 heterocycles. The van der Waals surface area contributed by atoms with Gasteiger partial charge in [0.25, 0.3) is 5.91 Å². The molecule has 1 aliphatic rings. The van der Waals surface area contributed by atoms with Crippen LogP contribution in [0.3, 0.4) is 0 Å². The molecule has 3 aromatic rings. The Bertz CT molecular complexity index is 1380. The second-order valence-electron chi connectivity index (χ2n) is 7.73. The van der Waals surface area contributed by atoms with Gasteiger partial charge in [-0.2, -0.15) is 0 Å². The zero-order valence-electron chi connectivity index (χ0n) is 18.9. The molecule has 36 heavy (non-hydrogen) atoms. The van der Waals surface area contributed by atoms with Crippen LogP contribution >= 0.6 is 0 Å². The highest BCUT2D eigenvalue weighted by atomic mass is 32.2. The van der Waals surface area contributed by atoms with Gasteiger partial charge < -0.3 is 10.1 Å². The number of hydrogen-bond donors (Lipinski definition) is 2. The number of imide groups is 2. The summed E-state index contributed by atoms with van der Waals surface area (Å²) in [6.07, 6.45) is 0. The number of ether oxygens (including phenoxy) is 1. The standard InChI is InChI=1S/C25H20FN3O6S/c1-35-21-11-4-16(14-29-24(32)23(31)28-25(29)33)12-20(21)22(30)27-13-15-2-7-18(8-3-15)36(34)19-9-5-17(26)6-10-19/h2-12H,13-14H2,1H3,(H,27,30)(H,28,31,33). The molecule has 3 aromatic carbocycles. The Labute approximate surface area is 207 Å². The van der Waals surface area contributed by atoms with E-state index in [4.69, 9.17) is 4.74 Å². The maximum Gasteiger partial charge on any atom is 0.331 e. The Hall–Kier alpha value is -4.38. The number of carbonyl (C=O) groups excluding carboxylic acids is 4. The van der Waals surface area contributed by atoms with Gasteiger partial charge in [0.05, 0.1) is 30.0 Å². The molecule has 11 heteroatoms. The molecule has 0 bridgehead atoms. The normalized spacial score (nSPS) is 13.9. The molecule has 0 aromatic heterocycles. The molecule has 1 aliphatic heterocycles. The van der Waals surface area contributed by atoms with Crippen LogP contribution in [-0.2, 0) is 33.5 Å². The first-order chi connectivity index (χ1) is 17.3. The minimum atomic E-state index is -1.47. The quantitative estimate of drug-likeness (QED) is 0.356. The van der Waals surface area contributed by atoms with Gasteiger partial charge in [-0.25, -0.2) is 13.4 Å². The predicted octanol–water partition coefficient (Wildman–Crippen LogP) is 2.51. The third-order valence-corrected chi connectivity index (χ3v) is 6.77. The minimum absolute atomic E-state index is 0.164. The molecule has 2 N–H and O–H groups in total. The van der Waals surface area contributed by atoms with Crippen molar-refractivity contribution in [3.8, 4) is 5.75 Å². The van der Waals surface area contributed by atoms with Gasteiger partial charge in [-0.3, -0.25) is 24.6 Å². The largest absolute Gasteiger partial charge is 0.496 e.